The Bertz CT molecular complexity index is 385. The Balaban J connectivity index is 4.10. The van der Waals surface area contributed by atoms with Crippen LogP contribution in [0.25, 0.3) is 0 Å². The van der Waals surface area contributed by atoms with Gasteiger partial charge in [0.1, 0.15) is 0 Å². The molecule has 0 aliphatic heterocycles. The molecule has 0 aliphatic carbocycles. The molecule has 0 aromatic heterocycles. The number of unbranched alkanes of at least 4 members (excludes halogenated alkanes) is 7. The fraction of sp³-hybridized carbons (Fsp3) is 1.00. The monoisotopic (exact) mass is 412 g/mol. The maximum atomic E-state index is 10.8. The van der Waals surface area contributed by atoms with Gasteiger partial charge in [-0.1, -0.05) is 58.8 Å². The van der Waals surface area contributed by atoms with E-state index in [0.717, 1.165) is 44.9 Å². The highest BCUT2D eigenvalue weighted by molar-refractivity contribution is 7.51. The second-order valence-electron chi connectivity index (χ2n) is 7.12. The zero-order chi connectivity index (χ0) is 20.1. The van der Waals surface area contributed by atoms with Crippen molar-refractivity contribution in [2.75, 3.05) is 27.5 Å². The first-order valence-corrected chi connectivity index (χ1v) is 13.5. The van der Waals surface area contributed by atoms with E-state index < -0.39 is 16.4 Å². The van der Waals surface area contributed by atoms with Gasteiger partial charge in [-0.2, -0.15) is 0 Å². The van der Waals surface area contributed by atoms with Crippen LogP contribution in [0.2, 0.25) is 5.04 Å². The second kappa shape index (κ2) is 13.4. The fourth-order valence-corrected chi connectivity index (χ4v) is 7.71. The summed E-state index contributed by atoms with van der Waals surface area (Å²) in [6.45, 7) is 4.39. The zero-order valence-corrected chi connectivity index (χ0v) is 19.4. The van der Waals surface area contributed by atoms with Crippen LogP contribution in [-0.2, 0) is 17.8 Å². The Morgan fingerprint density at radius 2 is 1.15 bits per heavy atom. The molecule has 6 nitrogen and oxygen atoms in total. The Morgan fingerprint density at radius 1 is 0.769 bits per heavy atom. The van der Waals surface area contributed by atoms with Crippen molar-refractivity contribution in [3.63, 3.8) is 0 Å². The van der Waals surface area contributed by atoms with Gasteiger partial charge in [-0.3, -0.25) is 4.57 Å². The van der Waals surface area contributed by atoms with Crippen molar-refractivity contribution in [2.45, 2.75) is 89.5 Å². The molecule has 0 rings (SSSR count). The molecule has 0 aliphatic rings. The molecule has 0 saturated heterocycles. The second-order valence-corrected chi connectivity index (χ2v) is 12.3. The number of rotatable bonds is 17. The zero-order valence-electron chi connectivity index (χ0n) is 17.5. The smallest absolute Gasteiger partial charge is 0.377 e. The average Bonchev–Trinajstić information content (AvgIpc) is 2.62. The van der Waals surface area contributed by atoms with Gasteiger partial charge in [0.25, 0.3) is 0 Å². The van der Waals surface area contributed by atoms with Crippen LogP contribution in [0.1, 0.15) is 84.5 Å². The minimum atomic E-state index is -3.81. The Labute approximate surface area is 161 Å². The summed E-state index contributed by atoms with van der Waals surface area (Å²) in [6, 6.07) is 0. The Morgan fingerprint density at radius 3 is 1.50 bits per heavy atom. The predicted octanol–water partition coefficient (Wildman–Crippen LogP) is 5.11. The summed E-state index contributed by atoms with van der Waals surface area (Å²) in [4.78, 5) is 17.6. The Hall–Kier alpha value is 0.247. The van der Waals surface area contributed by atoms with Gasteiger partial charge in [0.05, 0.1) is 0 Å². The van der Waals surface area contributed by atoms with Gasteiger partial charge in [-0.05, 0) is 25.7 Å². The van der Waals surface area contributed by atoms with E-state index >= 15 is 0 Å². The lowest BCUT2D eigenvalue weighted by Crippen LogP contribution is -2.54. The molecule has 0 heterocycles. The van der Waals surface area contributed by atoms with Crippen molar-refractivity contribution < 1.29 is 27.6 Å². The molecule has 2 N–H and O–H groups in total. The fourth-order valence-electron chi connectivity index (χ4n) is 3.93. The predicted molar refractivity (Wildman–Crippen MR) is 109 cm³/mol. The van der Waals surface area contributed by atoms with Crippen molar-refractivity contribution in [3.05, 3.63) is 0 Å². The van der Waals surface area contributed by atoms with Crippen LogP contribution in [0.4, 0.5) is 0 Å². The number of hydrogen-bond acceptors (Lipinski definition) is 4. The maximum Gasteiger partial charge on any atom is 0.506 e. The SMILES string of the molecule is CCC(CC)(CCCCCCCCCCP(=O)(O)O)[Si](OC)(OC)OC. The van der Waals surface area contributed by atoms with Crippen LogP contribution in [0.5, 0.6) is 0 Å². The third kappa shape index (κ3) is 8.51. The maximum absolute atomic E-state index is 10.8. The first kappa shape index (κ1) is 26.2. The van der Waals surface area contributed by atoms with Gasteiger partial charge >= 0.3 is 16.4 Å². The summed E-state index contributed by atoms with van der Waals surface area (Å²) in [7, 11) is -1.37. The van der Waals surface area contributed by atoms with Gasteiger partial charge in [-0.15, -0.1) is 0 Å². The molecule has 0 amide bonds. The molecule has 0 unspecified atom stereocenters. The molecular formula is C18H41O6PSi. The molecule has 0 fully saturated rings. The lowest BCUT2D eigenvalue weighted by atomic mass is 9.94. The summed E-state index contributed by atoms with van der Waals surface area (Å²) in [5.74, 6) is 0. The Kier molecular flexibility index (Phi) is 13.6. The van der Waals surface area contributed by atoms with Gasteiger partial charge in [0, 0.05) is 32.5 Å². The van der Waals surface area contributed by atoms with Crippen molar-refractivity contribution in [3.8, 4) is 0 Å². The molecule has 158 valence electrons. The molecule has 8 heteroatoms. The van der Waals surface area contributed by atoms with Crippen molar-refractivity contribution >= 4 is 16.4 Å². The normalized spacial score (nSPS) is 13.3. The van der Waals surface area contributed by atoms with Crippen LogP contribution >= 0.6 is 7.60 Å². The third-order valence-corrected chi connectivity index (χ3v) is 10.4. The van der Waals surface area contributed by atoms with Crippen molar-refractivity contribution in [1.29, 1.82) is 0 Å². The van der Waals surface area contributed by atoms with Crippen LogP contribution < -0.4 is 0 Å². The number of hydrogen-bond donors (Lipinski definition) is 2. The summed E-state index contributed by atoms with van der Waals surface area (Å²) in [5.41, 5.74) is 0. The molecule has 0 aromatic rings. The molecule has 0 bridgehead atoms. The van der Waals surface area contributed by atoms with E-state index in [9.17, 15) is 4.57 Å². The molecule has 0 atom stereocenters. The minimum Gasteiger partial charge on any atom is -0.377 e. The molecule has 0 aromatic carbocycles. The summed E-state index contributed by atoms with van der Waals surface area (Å²) in [5, 5.41) is -0.0201. The standard InChI is InChI=1S/C18H41O6PSi/c1-6-18(7-2,26(22-3,23-4)24-5)16-14-12-10-8-9-11-13-15-17-25(19,20)21/h6-17H2,1-5H3,(H2,19,20,21). The highest BCUT2D eigenvalue weighted by Gasteiger charge is 2.56. The molecule has 0 radical (unpaired) electrons. The molecular weight excluding hydrogens is 371 g/mol. The highest BCUT2D eigenvalue weighted by Crippen LogP contribution is 2.50. The molecule has 0 saturated carbocycles. The van der Waals surface area contributed by atoms with Gasteiger partial charge in [-0.25, -0.2) is 0 Å². The minimum absolute atomic E-state index is 0.0201. The molecule has 26 heavy (non-hydrogen) atoms. The van der Waals surface area contributed by atoms with Gasteiger partial charge in [0.15, 0.2) is 0 Å². The lowest BCUT2D eigenvalue weighted by molar-refractivity contribution is 0.0813. The van der Waals surface area contributed by atoms with E-state index in [-0.39, 0.29) is 11.2 Å². The molecule has 0 spiro atoms. The van der Waals surface area contributed by atoms with Crippen LogP contribution in [-0.4, -0.2) is 46.1 Å². The van der Waals surface area contributed by atoms with E-state index in [0.29, 0.717) is 6.42 Å². The third-order valence-electron chi connectivity index (χ3n) is 5.66. The van der Waals surface area contributed by atoms with Gasteiger partial charge < -0.3 is 23.1 Å². The van der Waals surface area contributed by atoms with Crippen molar-refractivity contribution in [2.24, 2.45) is 0 Å². The topological polar surface area (TPSA) is 85.2 Å². The van der Waals surface area contributed by atoms with E-state index in [2.05, 4.69) is 13.8 Å². The van der Waals surface area contributed by atoms with E-state index in [4.69, 9.17) is 23.1 Å². The van der Waals surface area contributed by atoms with Crippen LogP contribution in [0, 0.1) is 0 Å². The van der Waals surface area contributed by atoms with Crippen LogP contribution in [0.15, 0.2) is 0 Å². The van der Waals surface area contributed by atoms with E-state index in [1.807, 2.05) is 0 Å². The lowest BCUT2D eigenvalue weighted by Gasteiger charge is -2.43. The highest BCUT2D eigenvalue weighted by atomic mass is 31.2. The largest absolute Gasteiger partial charge is 0.506 e. The van der Waals surface area contributed by atoms with Crippen LogP contribution in [0.3, 0.4) is 0 Å². The average molecular weight is 413 g/mol. The summed E-state index contributed by atoms with van der Waals surface area (Å²) >= 11 is 0. The van der Waals surface area contributed by atoms with Gasteiger partial charge in [0.2, 0.25) is 0 Å². The first-order chi connectivity index (χ1) is 12.3. The van der Waals surface area contributed by atoms with Crippen molar-refractivity contribution in [1.82, 2.24) is 0 Å². The van der Waals surface area contributed by atoms with E-state index in [1.54, 1.807) is 21.3 Å². The first-order valence-electron chi connectivity index (χ1n) is 9.96. The van der Waals surface area contributed by atoms with E-state index in [1.165, 1.54) is 19.3 Å². The summed E-state index contributed by atoms with van der Waals surface area (Å²) in [6.07, 6.45) is 11.5. The summed E-state index contributed by atoms with van der Waals surface area (Å²) < 4.78 is 28.1. The quantitative estimate of drug-likeness (QED) is 0.196.